The molecule has 172 valence electrons. The van der Waals surface area contributed by atoms with Crippen LogP contribution in [0.4, 0.5) is 5.69 Å². The molecule has 2 aliphatic rings. The van der Waals surface area contributed by atoms with Gasteiger partial charge in [0.15, 0.2) is 6.10 Å². The second-order valence-corrected chi connectivity index (χ2v) is 10.6. The molecule has 7 nitrogen and oxygen atoms in total. The number of sulfonamides is 1. The Bertz CT molecular complexity index is 1050. The van der Waals surface area contributed by atoms with Crippen molar-refractivity contribution in [1.29, 1.82) is 0 Å². The van der Waals surface area contributed by atoms with Crippen molar-refractivity contribution in [2.75, 3.05) is 37.7 Å². The molecule has 2 aliphatic heterocycles. The van der Waals surface area contributed by atoms with Gasteiger partial charge in [0.25, 0.3) is 0 Å². The summed E-state index contributed by atoms with van der Waals surface area (Å²) in [6, 6.07) is 14.9. The van der Waals surface area contributed by atoms with Crippen LogP contribution >= 0.6 is 0 Å². The lowest BCUT2D eigenvalue weighted by molar-refractivity contribution is -0.153. The Morgan fingerprint density at radius 2 is 1.81 bits per heavy atom. The summed E-state index contributed by atoms with van der Waals surface area (Å²) in [5, 5.41) is 0. The maximum Gasteiger partial charge on any atom is 0.347 e. The zero-order chi connectivity index (χ0) is 22.7. The molecule has 1 fully saturated rings. The molecule has 2 heterocycles. The second-order valence-electron chi connectivity index (χ2n) is 8.67. The predicted molar refractivity (Wildman–Crippen MR) is 122 cm³/mol. The SMILES string of the molecule is CC(C)COC(=O)[C@H]1CCc2cc(S(=O)(=O)N3CCN(c4ccccc4)CC3)ccc2O1. The lowest BCUT2D eigenvalue weighted by atomic mass is 10.0. The van der Waals surface area contributed by atoms with Crippen molar-refractivity contribution in [3.05, 3.63) is 54.1 Å². The number of piperazine rings is 1. The van der Waals surface area contributed by atoms with Crippen LogP contribution in [0.1, 0.15) is 25.8 Å². The fraction of sp³-hybridized carbons (Fsp3) is 0.458. The highest BCUT2D eigenvalue weighted by atomic mass is 32.2. The highest BCUT2D eigenvalue weighted by Crippen LogP contribution is 2.31. The third-order valence-electron chi connectivity index (χ3n) is 5.80. The molecule has 0 amide bonds. The fourth-order valence-electron chi connectivity index (χ4n) is 4.01. The lowest BCUT2D eigenvalue weighted by Gasteiger charge is -2.35. The van der Waals surface area contributed by atoms with E-state index in [9.17, 15) is 13.2 Å². The molecular weight excluding hydrogens is 428 g/mol. The summed E-state index contributed by atoms with van der Waals surface area (Å²) in [7, 11) is -3.59. The first-order valence-corrected chi connectivity index (χ1v) is 12.5. The number of hydrogen-bond donors (Lipinski definition) is 0. The van der Waals surface area contributed by atoms with E-state index in [1.54, 1.807) is 22.5 Å². The third-order valence-corrected chi connectivity index (χ3v) is 7.69. The Balaban J connectivity index is 1.41. The number of aryl methyl sites for hydroxylation is 1. The highest BCUT2D eigenvalue weighted by Gasteiger charge is 2.32. The summed E-state index contributed by atoms with van der Waals surface area (Å²) in [6.45, 7) is 6.50. The minimum Gasteiger partial charge on any atom is -0.478 e. The van der Waals surface area contributed by atoms with Gasteiger partial charge in [0, 0.05) is 31.9 Å². The first-order valence-electron chi connectivity index (χ1n) is 11.1. The second kappa shape index (κ2) is 9.50. The van der Waals surface area contributed by atoms with Gasteiger partial charge in [-0.25, -0.2) is 13.2 Å². The van der Waals surface area contributed by atoms with Crippen molar-refractivity contribution in [3.8, 4) is 5.75 Å². The maximum absolute atomic E-state index is 13.2. The Labute approximate surface area is 190 Å². The minimum absolute atomic E-state index is 0.261. The van der Waals surface area contributed by atoms with Gasteiger partial charge in [-0.2, -0.15) is 4.31 Å². The number of rotatable bonds is 6. The van der Waals surface area contributed by atoms with Gasteiger partial charge in [0.05, 0.1) is 11.5 Å². The van der Waals surface area contributed by atoms with Crippen molar-refractivity contribution < 1.29 is 22.7 Å². The van der Waals surface area contributed by atoms with Gasteiger partial charge >= 0.3 is 5.97 Å². The summed E-state index contributed by atoms with van der Waals surface area (Å²) in [5.74, 6) is 0.449. The topological polar surface area (TPSA) is 76.2 Å². The van der Waals surface area contributed by atoms with Crippen LogP contribution in [0.2, 0.25) is 0 Å². The predicted octanol–water partition coefficient (Wildman–Crippen LogP) is 3.09. The Morgan fingerprint density at radius 1 is 1.09 bits per heavy atom. The first-order chi connectivity index (χ1) is 15.3. The Hall–Kier alpha value is -2.58. The highest BCUT2D eigenvalue weighted by molar-refractivity contribution is 7.89. The van der Waals surface area contributed by atoms with Crippen LogP contribution in [0.5, 0.6) is 5.75 Å². The van der Waals surface area contributed by atoms with Crippen molar-refractivity contribution in [1.82, 2.24) is 4.31 Å². The van der Waals surface area contributed by atoms with Gasteiger partial charge in [0.1, 0.15) is 5.75 Å². The van der Waals surface area contributed by atoms with E-state index in [-0.39, 0.29) is 16.8 Å². The average Bonchev–Trinajstić information content (AvgIpc) is 2.82. The van der Waals surface area contributed by atoms with Crippen molar-refractivity contribution >= 4 is 21.7 Å². The molecule has 1 saturated heterocycles. The molecule has 4 rings (SSSR count). The van der Waals surface area contributed by atoms with Crippen LogP contribution in [0, 0.1) is 5.92 Å². The average molecular weight is 459 g/mol. The normalized spacial score (nSPS) is 19.3. The summed E-state index contributed by atoms with van der Waals surface area (Å²) in [4.78, 5) is 14.7. The van der Waals surface area contributed by atoms with E-state index < -0.39 is 16.1 Å². The van der Waals surface area contributed by atoms with Crippen molar-refractivity contribution in [3.63, 3.8) is 0 Å². The van der Waals surface area contributed by atoms with Gasteiger partial charge in [0.2, 0.25) is 10.0 Å². The van der Waals surface area contributed by atoms with Crippen LogP contribution in [0.3, 0.4) is 0 Å². The van der Waals surface area contributed by atoms with Crippen LogP contribution in [0.25, 0.3) is 0 Å². The zero-order valence-electron chi connectivity index (χ0n) is 18.6. The van der Waals surface area contributed by atoms with Gasteiger partial charge in [-0.15, -0.1) is 0 Å². The maximum atomic E-state index is 13.2. The number of esters is 1. The van der Waals surface area contributed by atoms with E-state index in [0.717, 1.165) is 11.3 Å². The zero-order valence-corrected chi connectivity index (χ0v) is 19.4. The number of fused-ring (bicyclic) bond motifs is 1. The standard InChI is InChI=1S/C24H30N2O5S/c1-18(2)17-30-24(27)23-10-8-19-16-21(9-11-22(19)31-23)32(28,29)26-14-12-25(13-15-26)20-6-4-3-5-7-20/h3-7,9,11,16,18,23H,8,10,12-15,17H2,1-2H3/t23-/m1/s1. The van der Waals surface area contributed by atoms with E-state index in [4.69, 9.17) is 9.47 Å². The number of hydrogen-bond acceptors (Lipinski definition) is 6. The van der Waals surface area contributed by atoms with Gasteiger partial charge in [-0.1, -0.05) is 32.0 Å². The number of carbonyl (C=O) groups is 1. The largest absolute Gasteiger partial charge is 0.478 e. The third kappa shape index (κ3) is 4.91. The fourth-order valence-corrected chi connectivity index (χ4v) is 5.48. The monoisotopic (exact) mass is 458 g/mol. The summed E-state index contributed by atoms with van der Waals surface area (Å²) < 4.78 is 39.1. The quantitative estimate of drug-likeness (QED) is 0.620. The number of para-hydroxylation sites is 1. The molecule has 0 aromatic heterocycles. The number of ether oxygens (including phenoxy) is 2. The van der Waals surface area contributed by atoms with Crippen LogP contribution < -0.4 is 9.64 Å². The van der Waals surface area contributed by atoms with E-state index in [1.165, 1.54) is 0 Å². The molecular formula is C24H30N2O5S. The van der Waals surface area contributed by atoms with Gasteiger partial charge in [-0.3, -0.25) is 0 Å². The minimum atomic E-state index is -3.59. The Morgan fingerprint density at radius 3 is 2.50 bits per heavy atom. The first kappa shape index (κ1) is 22.6. The van der Waals surface area contributed by atoms with Gasteiger partial charge in [-0.05, 0) is 54.7 Å². The van der Waals surface area contributed by atoms with Crippen molar-refractivity contribution in [2.24, 2.45) is 5.92 Å². The van der Waals surface area contributed by atoms with Crippen LogP contribution in [0.15, 0.2) is 53.4 Å². The smallest absolute Gasteiger partial charge is 0.347 e. The Kier molecular flexibility index (Phi) is 6.71. The van der Waals surface area contributed by atoms with Crippen LogP contribution in [-0.2, 0) is 26.0 Å². The lowest BCUT2D eigenvalue weighted by Crippen LogP contribution is -2.48. The van der Waals surface area contributed by atoms with Crippen LogP contribution in [-0.4, -0.2) is 57.6 Å². The van der Waals surface area contributed by atoms with E-state index in [1.807, 2.05) is 44.2 Å². The van der Waals surface area contributed by atoms with E-state index in [2.05, 4.69) is 4.90 Å². The molecule has 0 N–H and O–H groups in total. The van der Waals surface area contributed by atoms with Gasteiger partial charge < -0.3 is 14.4 Å². The molecule has 2 aromatic carbocycles. The summed E-state index contributed by atoms with van der Waals surface area (Å²) >= 11 is 0. The summed E-state index contributed by atoms with van der Waals surface area (Å²) in [6.07, 6.45) is 0.403. The molecule has 0 saturated carbocycles. The van der Waals surface area contributed by atoms with E-state index >= 15 is 0 Å². The molecule has 0 radical (unpaired) electrons. The molecule has 0 bridgehead atoms. The number of carbonyl (C=O) groups excluding carboxylic acids is 1. The molecule has 0 spiro atoms. The number of anilines is 1. The summed E-state index contributed by atoms with van der Waals surface area (Å²) in [5.41, 5.74) is 1.92. The number of benzene rings is 2. The van der Waals surface area contributed by atoms with E-state index in [0.29, 0.717) is 51.4 Å². The molecule has 1 atom stereocenters. The molecule has 2 aromatic rings. The number of nitrogens with zero attached hydrogens (tertiary/aromatic N) is 2. The molecule has 8 heteroatoms. The molecule has 0 aliphatic carbocycles. The van der Waals surface area contributed by atoms with Crippen molar-refractivity contribution in [2.45, 2.75) is 37.7 Å². The molecule has 0 unspecified atom stereocenters. The molecule has 32 heavy (non-hydrogen) atoms.